The zero-order valence-corrected chi connectivity index (χ0v) is 10.8. The van der Waals surface area contributed by atoms with Gasteiger partial charge < -0.3 is 15.0 Å². The van der Waals surface area contributed by atoms with Gasteiger partial charge in [0.2, 0.25) is 0 Å². The van der Waals surface area contributed by atoms with Gasteiger partial charge in [-0.15, -0.1) is 0 Å². The highest BCUT2D eigenvalue weighted by atomic mass is 16.5. The average molecular weight is 233 g/mol. The molecule has 1 aromatic heterocycles. The minimum atomic E-state index is 0.510. The molecular formula is C13H19N3O. The molecule has 1 heterocycles. The second-order valence-corrected chi connectivity index (χ2v) is 3.41. The number of rotatable bonds is 2. The molecule has 0 bridgehead atoms. The number of nitrogen functional groups attached to an aromatic ring is 1. The molecule has 0 fully saturated rings. The Morgan fingerprint density at radius 1 is 1.24 bits per heavy atom. The Balaban J connectivity index is 0.000000686. The minimum Gasteiger partial charge on any atom is -0.497 e. The molecule has 92 valence electrons. The van der Waals surface area contributed by atoms with Crippen molar-refractivity contribution in [2.75, 3.05) is 12.8 Å². The maximum absolute atomic E-state index is 5.56. The van der Waals surface area contributed by atoms with Gasteiger partial charge in [0.25, 0.3) is 0 Å². The van der Waals surface area contributed by atoms with Gasteiger partial charge in [0.1, 0.15) is 17.9 Å². The summed E-state index contributed by atoms with van der Waals surface area (Å²) >= 11 is 0. The normalized spacial score (nSPS) is 9.41. The predicted octanol–water partition coefficient (Wildman–Crippen LogP) is 2.80. The zero-order valence-electron chi connectivity index (χ0n) is 10.8. The van der Waals surface area contributed by atoms with Crippen LogP contribution in [0.5, 0.6) is 5.75 Å². The Morgan fingerprint density at radius 2 is 1.94 bits per heavy atom. The molecule has 1 aromatic carbocycles. The Labute approximate surface area is 102 Å². The highest BCUT2D eigenvalue weighted by molar-refractivity contribution is 5.44. The molecule has 2 rings (SSSR count). The summed E-state index contributed by atoms with van der Waals surface area (Å²) in [6.07, 6.45) is 3.46. The second-order valence-electron chi connectivity index (χ2n) is 3.41. The van der Waals surface area contributed by atoms with Gasteiger partial charge in [-0.2, -0.15) is 0 Å². The fourth-order valence-corrected chi connectivity index (χ4v) is 1.47. The van der Waals surface area contributed by atoms with Gasteiger partial charge in [-0.05, 0) is 24.6 Å². The molecule has 2 N–H and O–H groups in total. The second kappa shape index (κ2) is 5.94. The largest absolute Gasteiger partial charge is 0.497 e. The lowest BCUT2D eigenvalue weighted by atomic mass is 10.2. The molecule has 0 radical (unpaired) electrons. The summed E-state index contributed by atoms with van der Waals surface area (Å²) in [5.74, 6) is 1.34. The number of aromatic nitrogens is 2. The van der Waals surface area contributed by atoms with Crippen LogP contribution >= 0.6 is 0 Å². The van der Waals surface area contributed by atoms with E-state index in [2.05, 4.69) is 4.98 Å². The zero-order chi connectivity index (χ0) is 12.8. The maximum Gasteiger partial charge on any atom is 0.141 e. The number of ether oxygens (including phenoxy) is 1. The molecule has 4 nitrogen and oxygen atoms in total. The van der Waals surface area contributed by atoms with E-state index < -0.39 is 0 Å². The third kappa shape index (κ3) is 3.24. The minimum absolute atomic E-state index is 0.510. The van der Waals surface area contributed by atoms with E-state index in [9.17, 15) is 0 Å². The highest BCUT2D eigenvalue weighted by Crippen LogP contribution is 2.19. The fraction of sp³-hybridized carbons (Fsp3) is 0.308. The third-order valence-electron chi connectivity index (χ3n) is 2.17. The van der Waals surface area contributed by atoms with Gasteiger partial charge in [-0.3, -0.25) is 0 Å². The first-order valence-corrected chi connectivity index (χ1v) is 5.64. The summed E-state index contributed by atoms with van der Waals surface area (Å²) in [5, 5.41) is 0. The quantitative estimate of drug-likeness (QED) is 0.867. The smallest absolute Gasteiger partial charge is 0.141 e. The van der Waals surface area contributed by atoms with Gasteiger partial charge in [-0.25, -0.2) is 4.98 Å². The topological polar surface area (TPSA) is 53.1 Å². The standard InChI is InChI=1S/C11H13N3O.C2H6/c1-8-3-9(5-10(4-8)15-2)14-6-11(12)13-7-14;1-2/h3-7H,12H2,1-2H3;1-2H3. The van der Waals surface area contributed by atoms with Crippen molar-refractivity contribution in [2.45, 2.75) is 20.8 Å². The van der Waals surface area contributed by atoms with E-state index in [4.69, 9.17) is 10.5 Å². The molecule has 0 amide bonds. The van der Waals surface area contributed by atoms with Crippen LogP contribution < -0.4 is 10.5 Å². The van der Waals surface area contributed by atoms with E-state index in [1.54, 1.807) is 19.6 Å². The van der Waals surface area contributed by atoms with Crippen LogP contribution in [0.3, 0.4) is 0 Å². The molecule has 0 saturated heterocycles. The van der Waals surface area contributed by atoms with Gasteiger partial charge in [0.05, 0.1) is 19.0 Å². The molecule has 0 aliphatic heterocycles. The highest BCUT2D eigenvalue weighted by Gasteiger charge is 2.01. The van der Waals surface area contributed by atoms with E-state index in [0.29, 0.717) is 5.82 Å². The number of imidazole rings is 1. The summed E-state index contributed by atoms with van der Waals surface area (Å²) in [5.41, 5.74) is 7.69. The number of hydrogen-bond acceptors (Lipinski definition) is 3. The van der Waals surface area contributed by atoms with Gasteiger partial charge in [0.15, 0.2) is 0 Å². The number of anilines is 1. The van der Waals surface area contributed by atoms with Crippen molar-refractivity contribution in [3.05, 3.63) is 36.3 Å². The van der Waals surface area contributed by atoms with Crippen LogP contribution in [0.15, 0.2) is 30.7 Å². The summed E-state index contributed by atoms with van der Waals surface area (Å²) in [6.45, 7) is 6.02. The fourth-order valence-electron chi connectivity index (χ4n) is 1.47. The van der Waals surface area contributed by atoms with Crippen LogP contribution in [0.1, 0.15) is 19.4 Å². The van der Waals surface area contributed by atoms with Crippen LogP contribution in [0.25, 0.3) is 5.69 Å². The molecule has 0 spiro atoms. The van der Waals surface area contributed by atoms with Crippen LogP contribution in [0, 0.1) is 6.92 Å². The van der Waals surface area contributed by atoms with E-state index in [1.807, 2.05) is 43.5 Å². The molecule has 0 saturated carbocycles. The first kappa shape index (κ1) is 13.1. The summed E-state index contributed by atoms with van der Waals surface area (Å²) < 4.78 is 7.06. The van der Waals surface area contributed by atoms with E-state index in [-0.39, 0.29) is 0 Å². The molecular weight excluding hydrogens is 214 g/mol. The molecule has 2 aromatic rings. The van der Waals surface area contributed by atoms with Crippen LogP contribution in [-0.4, -0.2) is 16.7 Å². The van der Waals surface area contributed by atoms with E-state index in [1.165, 1.54) is 0 Å². The van der Waals surface area contributed by atoms with Gasteiger partial charge >= 0.3 is 0 Å². The number of nitrogens with two attached hydrogens (primary N) is 1. The van der Waals surface area contributed by atoms with Crippen LogP contribution in [0.2, 0.25) is 0 Å². The lowest BCUT2D eigenvalue weighted by Gasteiger charge is -2.06. The predicted molar refractivity (Wildman–Crippen MR) is 70.6 cm³/mol. The van der Waals surface area contributed by atoms with Crippen molar-refractivity contribution >= 4 is 5.82 Å². The van der Waals surface area contributed by atoms with Crippen LogP contribution in [-0.2, 0) is 0 Å². The van der Waals surface area contributed by atoms with Crippen molar-refractivity contribution < 1.29 is 4.74 Å². The number of nitrogens with zero attached hydrogens (tertiary/aromatic N) is 2. The lowest BCUT2D eigenvalue weighted by Crippen LogP contribution is -1.93. The first-order chi connectivity index (χ1) is 8.19. The molecule has 4 heteroatoms. The Morgan fingerprint density at radius 3 is 2.47 bits per heavy atom. The SMILES string of the molecule is CC.COc1cc(C)cc(-n2cnc(N)c2)c1. The Kier molecular flexibility index (Phi) is 4.57. The van der Waals surface area contributed by atoms with Crippen molar-refractivity contribution in [3.63, 3.8) is 0 Å². The van der Waals surface area contributed by atoms with Gasteiger partial charge in [0, 0.05) is 6.07 Å². The Bertz CT molecular complexity index is 477. The third-order valence-corrected chi connectivity index (χ3v) is 2.17. The lowest BCUT2D eigenvalue weighted by molar-refractivity contribution is 0.414. The average Bonchev–Trinajstić information content (AvgIpc) is 2.78. The number of hydrogen-bond donors (Lipinski definition) is 1. The molecule has 0 aliphatic rings. The van der Waals surface area contributed by atoms with E-state index in [0.717, 1.165) is 17.0 Å². The monoisotopic (exact) mass is 233 g/mol. The summed E-state index contributed by atoms with van der Waals surface area (Å²) in [7, 11) is 1.65. The molecule has 0 aliphatic carbocycles. The molecule has 17 heavy (non-hydrogen) atoms. The first-order valence-electron chi connectivity index (χ1n) is 5.64. The number of aryl methyl sites for hydroxylation is 1. The molecule has 0 unspecified atom stereocenters. The van der Waals surface area contributed by atoms with Crippen LogP contribution in [0.4, 0.5) is 5.82 Å². The summed E-state index contributed by atoms with van der Waals surface area (Å²) in [6, 6.07) is 5.96. The van der Waals surface area contributed by atoms with Crippen molar-refractivity contribution in [3.8, 4) is 11.4 Å². The van der Waals surface area contributed by atoms with Crippen molar-refractivity contribution in [2.24, 2.45) is 0 Å². The number of methoxy groups -OCH3 is 1. The maximum atomic E-state index is 5.56. The number of benzene rings is 1. The van der Waals surface area contributed by atoms with E-state index >= 15 is 0 Å². The Hall–Kier alpha value is -1.97. The molecule has 0 atom stereocenters. The van der Waals surface area contributed by atoms with Gasteiger partial charge in [-0.1, -0.05) is 13.8 Å². The van der Waals surface area contributed by atoms with Crippen molar-refractivity contribution in [1.82, 2.24) is 9.55 Å². The summed E-state index contributed by atoms with van der Waals surface area (Å²) in [4.78, 5) is 3.98. The van der Waals surface area contributed by atoms with Crippen molar-refractivity contribution in [1.29, 1.82) is 0 Å².